The predicted molar refractivity (Wildman–Crippen MR) is 144 cm³/mol. The summed E-state index contributed by atoms with van der Waals surface area (Å²) in [4.78, 5) is 42.2. The van der Waals surface area contributed by atoms with Crippen molar-refractivity contribution in [1.29, 1.82) is 0 Å². The van der Waals surface area contributed by atoms with E-state index in [1.807, 2.05) is 60.7 Å². The quantitative estimate of drug-likeness (QED) is 0.421. The molecule has 1 fully saturated rings. The lowest BCUT2D eigenvalue weighted by atomic mass is 10.0. The lowest BCUT2D eigenvalue weighted by Crippen LogP contribution is -2.47. The average molecular weight is 549 g/mol. The summed E-state index contributed by atoms with van der Waals surface area (Å²) in [6.45, 7) is 3.07. The highest BCUT2D eigenvalue weighted by Crippen LogP contribution is 2.30. The molecule has 0 spiro atoms. The van der Waals surface area contributed by atoms with Crippen LogP contribution in [0.5, 0.6) is 17.2 Å². The van der Waals surface area contributed by atoms with E-state index in [1.54, 1.807) is 6.92 Å². The van der Waals surface area contributed by atoms with Crippen LogP contribution in [0.3, 0.4) is 0 Å². The molecule has 40 heavy (non-hydrogen) atoms. The smallest absolute Gasteiger partial charge is 0.329 e. The molecule has 10 heteroatoms. The van der Waals surface area contributed by atoms with Crippen LogP contribution in [0, 0.1) is 0 Å². The zero-order valence-corrected chi connectivity index (χ0v) is 22.6. The maximum Gasteiger partial charge on any atom is 0.329 e. The monoisotopic (exact) mass is 548 g/mol. The van der Waals surface area contributed by atoms with Gasteiger partial charge in [-0.3, -0.25) is 9.59 Å². The van der Waals surface area contributed by atoms with Gasteiger partial charge in [0.15, 0.2) is 17.5 Å². The number of pyridine rings is 1. The number of nitrogens with zero attached hydrogens (tertiary/aromatic N) is 1. The molecule has 1 aliphatic rings. The van der Waals surface area contributed by atoms with Gasteiger partial charge in [0.1, 0.15) is 24.0 Å². The van der Waals surface area contributed by atoms with Crippen LogP contribution >= 0.6 is 0 Å². The van der Waals surface area contributed by atoms with Gasteiger partial charge in [-0.1, -0.05) is 48.5 Å². The zero-order valence-electron chi connectivity index (χ0n) is 22.6. The molecule has 0 unspecified atom stereocenters. The van der Waals surface area contributed by atoms with Gasteiger partial charge in [-0.25, -0.2) is 9.78 Å². The van der Waals surface area contributed by atoms with E-state index in [0.29, 0.717) is 12.2 Å². The van der Waals surface area contributed by atoms with Gasteiger partial charge in [-0.2, -0.15) is 0 Å². The number of amides is 1. The summed E-state index contributed by atoms with van der Waals surface area (Å²) in [6, 6.07) is 19.5. The van der Waals surface area contributed by atoms with E-state index in [1.165, 1.54) is 26.3 Å². The van der Waals surface area contributed by atoms with Crippen molar-refractivity contribution in [2.45, 2.75) is 51.0 Å². The molecular weight excluding hydrogens is 516 g/mol. The van der Waals surface area contributed by atoms with Gasteiger partial charge in [0.2, 0.25) is 5.75 Å². The Balaban J connectivity index is 1.56. The molecule has 10 nitrogen and oxygen atoms in total. The number of esters is 2. The number of ether oxygens (including phenoxy) is 5. The van der Waals surface area contributed by atoms with Gasteiger partial charge in [-0.05, 0) is 24.6 Å². The van der Waals surface area contributed by atoms with Crippen molar-refractivity contribution >= 4 is 17.8 Å². The lowest BCUT2D eigenvalue weighted by Gasteiger charge is -2.31. The molecule has 1 saturated heterocycles. The minimum atomic E-state index is -1.05. The molecular formula is C30H32N2O8. The second kappa shape index (κ2) is 13.6. The first-order valence-corrected chi connectivity index (χ1v) is 13.0. The van der Waals surface area contributed by atoms with E-state index in [0.717, 1.165) is 5.56 Å². The van der Waals surface area contributed by atoms with E-state index in [2.05, 4.69) is 10.3 Å². The lowest BCUT2D eigenvalue weighted by molar-refractivity contribution is -0.157. The molecule has 4 atom stereocenters. The number of benzene rings is 2. The number of carbonyl (C=O) groups excluding carboxylic acids is 3. The largest absolute Gasteiger partial charge is 0.493 e. The van der Waals surface area contributed by atoms with Crippen molar-refractivity contribution in [3.8, 4) is 17.2 Å². The Morgan fingerprint density at radius 2 is 1.75 bits per heavy atom. The van der Waals surface area contributed by atoms with Crippen LogP contribution in [0.1, 0.15) is 36.3 Å². The zero-order chi connectivity index (χ0) is 28.5. The van der Waals surface area contributed by atoms with Crippen LogP contribution < -0.4 is 19.5 Å². The number of para-hydroxylation sites is 1. The van der Waals surface area contributed by atoms with Crippen molar-refractivity contribution in [3.05, 3.63) is 84.2 Å². The fraction of sp³-hybridized carbons (Fsp3) is 0.333. The number of hydrogen-bond acceptors (Lipinski definition) is 9. The Morgan fingerprint density at radius 3 is 2.42 bits per heavy atom. The van der Waals surface area contributed by atoms with E-state index >= 15 is 0 Å². The van der Waals surface area contributed by atoms with Crippen LogP contribution in [-0.4, -0.2) is 60.9 Å². The second-order valence-electron chi connectivity index (χ2n) is 9.24. The summed E-state index contributed by atoms with van der Waals surface area (Å²) in [5, 5.41) is 2.65. The van der Waals surface area contributed by atoms with Crippen molar-refractivity contribution in [2.75, 3.05) is 13.7 Å². The molecule has 3 aromatic rings. The van der Waals surface area contributed by atoms with Gasteiger partial charge in [0, 0.05) is 38.6 Å². The predicted octanol–water partition coefficient (Wildman–Crippen LogP) is 3.52. The molecule has 0 aliphatic carbocycles. The number of hydrogen-bond donors (Lipinski definition) is 1. The molecule has 1 aromatic heterocycles. The first kappa shape index (κ1) is 28.6. The highest BCUT2D eigenvalue weighted by atomic mass is 16.6. The summed E-state index contributed by atoms with van der Waals surface area (Å²) in [5.74, 6) is -1.42. The second-order valence-corrected chi connectivity index (χ2v) is 9.24. The highest BCUT2D eigenvalue weighted by molar-refractivity contribution is 5.98. The summed E-state index contributed by atoms with van der Waals surface area (Å²) in [5.41, 5.74) is 0.835. The Kier molecular flexibility index (Phi) is 9.69. The van der Waals surface area contributed by atoms with Crippen molar-refractivity contribution < 1.29 is 38.1 Å². The molecule has 1 amide bonds. The normalized spacial score (nSPS) is 21.1. The van der Waals surface area contributed by atoms with E-state index in [4.69, 9.17) is 23.7 Å². The Morgan fingerprint density at radius 1 is 1.05 bits per heavy atom. The molecule has 2 aromatic carbocycles. The number of methoxy groups -OCH3 is 1. The van der Waals surface area contributed by atoms with Crippen LogP contribution in [0.25, 0.3) is 0 Å². The van der Waals surface area contributed by atoms with Crippen molar-refractivity contribution in [2.24, 2.45) is 0 Å². The standard InChI is InChI=1S/C30H32N2O8/c1-19-27(40-22-12-8-5-9-13-22)25(18-21-10-6-4-7-11-21)37-17-15-23(30(35)38-19)32-29(34)26-28(39-20(2)33)24(36-3)14-16-31-26/h4-14,16,19,23,25,27H,15,17-18H2,1-3H3,(H,32,34)/t19-,23-,25+,27-/m0/s1. The number of rotatable bonds is 8. The van der Waals surface area contributed by atoms with Crippen LogP contribution in [0.2, 0.25) is 0 Å². The van der Waals surface area contributed by atoms with E-state index in [-0.39, 0.29) is 30.2 Å². The summed E-state index contributed by atoms with van der Waals surface area (Å²) < 4.78 is 28.8. The van der Waals surface area contributed by atoms with Gasteiger partial charge < -0.3 is 29.0 Å². The Labute approximate surface area is 232 Å². The summed E-state index contributed by atoms with van der Waals surface area (Å²) in [6.07, 6.45) is 0.203. The number of carbonyl (C=O) groups is 3. The van der Waals surface area contributed by atoms with Crippen LogP contribution in [0.15, 0.2) is 72.9 Å². The first-order chi connectivity index (χ1) is 19.4. The van der Waals surface area contributed by atoms with Crippen molar-refractivity contribution in [1.82, 2.24) is 10.3 Å². The van der Waals surface area contributed by atoms with Crippen LogP contribution in [0.4, 0.5) is 0 Å². The number of aromatic nitrogens is 1. The Hall–Kier alpha value is -4.44. The molecule has 0 radical (unpaired) electrons. The highest BCUT2D eigenvalue weighted by Gasteiger charge is 2.37. The fourth-order valence-corrected chi connectivity index (χ4v) is 4.39. The maximum absolute atomic E-state index is 13.3. The third-order valence-corrected chi connectivity index (χ3v) is 6.30. The Bertz CT molecular complexity index is 1300. The van der Waals surface area contributed by atoms with Gasteiger partial charge in [0.05, 0.1) is 7.11 Å². The molecule has 4 rings (SSSR count). The van der Waals surface area contributed by atoms with Crippen molar-refractivity contribution in [3.63, 3.8) is 0 Å². The molecule has 210 valence electrons. The molecule has 0 bridgehead atoms. The summed E-state index contributed by atoms with van der Waals surface area (Å²) >= 11 is 0. The topological polar surface area (TPSA) is 122 Å². The van der Waals surface area contributed by atoms with E-state index in [9.17, 15) is 14.4 Å². The fourth-order valence-electron chi connectivity index (χ4n) is 4.39. The number of cyclic esters (lactones) is 1. The third kappa shape index (κ3) is 7.35. The van der Waals surface area contributed by atoms with Gasteiger partial charge >= 0.3 is 11.9 Å². The minimum absolute atomic E-state index is 0.132. The first-order valence-electron chi connectivity index (χ1n) is 13.0. The number of nitrogens with one attached hydrogen (secondary N) is 1. The average Bonchev–Trinajstić information content (AvgIpc) is 2.99. The maximum atomic E-state index is 13.3. The van der Waals surface area contributed by atoms with Gasteiger partial charge in [0.25, 0.3) is 5.91 Å². The third-order valence-electron chi connectivity index (χ3n) is 6.30. The van der Waals surface area contributed by atoms with E-state index < -0.39 is 42.2 Å². The molecule has 2 heterocycles. The molecule has 0 saturated carbocycles. The molecule has 1 N–H and O–H groups in total. The summed E-state index contributed by atoms with van der Waals surface area (Å²) in [7, 11) is 1.37. The minimum Gasteiger partial charge on any atom is -0.493 e. The SMILES string of the molecule is COc1ccnc(C(=O)N[C@H]2CCO[C@H](Cc3ccccc3)[C@@H](Oc3ccccc3)[C@H](C)OC2=O)c1OC(C)=O. The van der Waals surface area contributed by atoms with Gasteiger partial charge in [-0.15, -0.1) is 0 Å². The molecule has 1 aliphatic heterocycles. The van der Waals surface area contributed by atoms with Crippen LogP contribution in [-0.2, 0) is 25.5 Å².